The van der Waals surface area contributed by atoms with Crippen molar-refractivity contribution >= 4 is 5.69 Å². The van der Waals surface area contributed by atoms with Crippen LogP contribution in [0.25, 0.3) is 0 Å². The van der Waals surface area contributed by atoms with Crippen LogP contribution in [0.4, 0.5) is 5.69 Å². The summed E-state index contributed by atoms with van der Waals surface area (Å²) in [6.45, 7) is 4.32. The number of nitrogens with one attached hydrogen (secondary N) is 1. The molecule has 1 aromatic heterocycles. The molecule has 1 unspecified atom stereocenters. The van der Waals surface area contributed by atoms with E-state index in [9.17, 15) is 0 Å². The van der Waals surface area contributed by atoms with Gasteiger partial charge in [0, 0.05) is 25.5 Å². The number of anilines is 1. The summed E-state index contributed by atoms with van der Waals surface area (Å²) < 4.78 is 11.0. The Labute approximate surface area is 102 Å². The predicted octanol–water partition coefficient (Wildman–Crippen LogP) is 2.46. The van der Waals surface area contributed by atoms with E-state index in [1.165, 1.54) is 0 Å². The van der Waals surface area contributed by atoms with Gasteiger partial charge in [-0.25, -0.2) is 4.98 Å². The Kier molecular flexibility index (Phi) is 4.62. The highest BCUT2D eigenvalue weighted by atomic mass is 16.5. The molecule has 1 aliphatic rings. The van der Waals surface area contributed by atoms with E-state index in [0.717, 1.165) is 38.2 Å². The van der Waals surface area contributed by atoms with Crippen molar-refractivity contribution < 1.29 is 9.47 Å². The van der Waals surface area contributed by atoms with E-state index in [-0.39, 0.29) is 0 Å². The van der Waals surface area contributed by atoms with Gasteiger partial charge >= 0.3 is 0 Å². The van der Waals surface area contributed by atoms with Gasteiger partial charge in [0.15, 0.2) is 0 Å². The monoisotopic (exact) mass is 236 g/mol. The zero-order chi connectivity index (χ0) is 11.9. The summed E-state index contributed by atoms with van der Waals surface area (Å²) in [4.78, 5) is 4.24. The lowest BCUT2D eigenvalue weighted by atomic mass is 10.1. The van der Waals surface area contributed by atoms with Crippen LogP contribution in [-0.2, 0) is 4.74 Å². The first kappa shape index (κ1) is 12.2. The second kappa shape index (κ2) is 6.45. The summed E-state index contributed by atoms with van der Waals surface area (Å²) >= 11 is 0. The van der Waals surface area contributed by atoms with Crippen LogP contribution in [-0.4, -0.2) is 30.8 Å². The molecule has 0 saturated carbocycles. The van der Waals surface area contributed by atoms with Crippen LogP contribution >= 0.6 is 0 Å². The molecule has 4 nitrogen and oxygen atoms in total. The van der Waals surface area contributed by atoms with E-state index >= 15 is 0 Å². The van der Waals surface area contributed by atoms with Gasteiger partial charge in [0.25, 0.3) is 0 Å². The third kappa shape index (κ3) is 3.60. The smallest absolute Gasteiger partial charge is 0.237 e. The van der Waals surface area contributed by atoms with Crippen molar-refractivity contribution in [2.24, 2.45) is 0 Å². The Bertz CT molecular complexity index is 336. The molecule has 17 heavy (non-hydrogen) atoms. The molecule has 1 fully saturated rings. The van der Waals surface area contributed by atoms with E-state index in [4.69, 9.17) is 9.47 Å². The van der Waals surface area contributed by atoms with Gasteiger partial charge in [0.2, 0.25) is 5.88 Å². The largest absolute Gasteiger partial charge is 0.476 e. The first-order valence-corrected chi connectivity index (χ1v) is 6.32. The Morgan fingerprint density at radius 3 is 3.29 bits per heavy atom. The summed E-state index contributed by atoms with van der Waals surface area (Å²) in [7, 11) is 0. The number of hydrogen-bond acceptors (Lipinski definition) is 4. The quantitative estimate of drug-likeness (QED) is 0.872. The van der Waals surface area contributed by atoms with Gasteiger partial charge in [-0.1, -0.05) is 0 Å². The molecule has 0 aromatic carbocycles. The van der Waals surface area contributed by atoms with Crippen LogP contribution in [0.5, 0.6) is 5.88 Å². The average molecular weight is 236 g/mol. The van der Waals surface area contributed by atoms with Crippen molar-refractivity contribution in [1.29, 1.82) is 0 Å². The summed E-state index contributed by atoms with van der Waals surface area (Å²) in [6, 6.07) is 4.41. The maximum atomic E-state index is 5.50. The second-order valence-electron chi connectivity index (χ2n) is 4.17. The summed E-state index contributed by atoms with van der Waals surface area (Å²) in [5, 5.41) is 3.51. The number of nitrogens with zero attached hydrogens (tertiary/aromatic N) is 1. The van der Waals surface area contributed by atoms with E-state index < -0.39 is 0 Å². The minimum absolute atomic E-state index is 0.459. The zero-order valence-corrected chi connectivity index (χ0v) is 10.3. The molecule has 1 saturated heterocycles. The van der Waals surface area contributed by atoms with Crippen LogP contribution < -0.4 is 10.1 Å². The topological polar surface area (TPSA) is 43.4 Å². The van der Waals surface area contributed by atoms with Gasteiger partial charge in [-0.15, -0.1) is 0 Å². The molecule has 0 spiro atoms. The predicted molar refractivity (Wildman–Crippen MR) is 67.5 cm³/mol. The van der Waals surface area contributed by atoms with Gasteiger partial charge in [-0.05, 0) is 38.3 Å². The van der Waals surface area contributed by atoms with E-state index in [1.54, 1.807) is 6.20 Å². The Morgan fingerprint density at radius 1 is 1.47 bits per heavy atom. The summed E-state index contributed by atoms with van der Waals surface area (Å²) in [5.74, 6) is 0.695. The first-order valence-electron chi connectivity index (χ1n) is 6.32. The van der Waals surface area contributed by atoms with Crippen LogP contribution in [0.2, 0.25) is 0 Å². The van der Waals surface area contributed by atoms with Gasteiger partial charge in [0.05, 0.1) is 12.3 Å². The van der Waals surface area contributed by atoms with Gasteiger partial charge in [0.1, 0.15) is 0 Å². The highest BCUT2D eigenvalue weighted by Crippen LogP contribution is 2.23. The molecule has 1 atom stereocenters. The summed E-state index contributed by atoms with van der Waals surface area (Å²) in [5.41, 5.74) is 0.987. The SMILES string of the molecule is CCOc1ncccc1NC1CCCOCC1. The molecule has 0 aliphatic carbocycles. The van der Waals surface area contributed by atoms with Crippen molar-refractivity contribution in [2.45, 2.75) is 32.2 Å². The van der Waals surface area contributed by atoms with E-state index in [2.05, 4.69) is 10.3 Å². The standard InChI is InChI=1S/C13H20N2O2/c1-2-17-13-12(6-3-8-14-13)15-11-5-4-9-16-10-7-11/h3,6,8,11,15H,2,4-5,7,9-10H2,1H3. The fourth-order valence-electron chi connectivity index (χ4n) is 2.02. The van der Waals surface area contributed by atoms with Gasteiger partial charge in [-0.3, -0.25) is 0 Å². The maximum Gasteiger partial charge on any atom is 0.237 e. The Balaban J connectivity index is 2.00. The van der Waals surface area contributed by atoms with Crippen molar-refractivity contribution in [3.05, 3.63) is 18.3 Å². The maximum absolute atomic E-state index is 5.50. The molecule has 2 heterocycles. The van der Waals surface area contributed by atoms with Gasteiger partial charge < -0.3 is 14.8 Å². The lowest BCUT2D eigenvalue weighted by molar-refractivity contribution is 0.144. The number of ether oxygens (including phenoxy) is 2. The number of pyridine rings is 1. The van der Waals surface area contributed by atoms with Crippen molar-refractivity contribution in [3.63, 3.8) is 0 Å². The van der Waals surface area contributed by atoms with Crippen molar-refractivity contribution in [2.75, 3.05) is 25.1 Å². The molecule has 94 valence electrons. The molecule has 1 N–H and O–H groups in total. The molecule has 1 aromatic rings. The second-order valence-corrected chi connectivity index (χ2v) is 4.17. The van der Waals surface area contributed by atoms with Gasteiger partial charge in [-0.2, -0.15) is 0 Å². The third-order valence-electron chi connectivity index (χ3n) is 2.86. The molecule has 2 rings (SSSR count). The molecular weight excluding hydrogens is 216 g/mol. The van der Waals surface area contributed by atoms with Crippen LogP contribution in [0.3, 0.4) is 0 Å². The molecule has 4 heteroatoms. The van der Waals surface area contributed by atoms with Crippen LogP contribution in [0, 0.1) is 0 Å². The molecule has 0 bridgehead atoms. The Hall–Kier alpha value is -1.29. The molecular formula is C13H20N2O2. The lowest BCUT2D eigenvalue weighted by Gasteiger charge is -2.18. The number of hydrogen-bond donors (Lipinski definition) is 1. The van der Waals surface area contributed by atoms with Crippen molar-refractivity contribution in [1.82, 2.24) is 4.98 Å². The first-order chi connectivity index (χ1) is 8.40. The van der Waals surface area contributed by atoms with Crippen molar-refractivity contribution in [3.8, 4) is 5.88 Å². The van der Waals surface area contributed by atoms with Crippen LogP contribution in [0.15, 0.2) is 18.3 Å². The van der Waals surface area contributed by atoms with E-state index in [0.29, 0.717) is 18.5 Å². The molecule has 0 amide bonds. The highest BCUT2D eigenvalue weighted by molar-refractivity contribution is 5.52. The summed E-state index contributed by atoms with van der Waals surface area (Å²) in [6.07, 6.45) is 5.05. The fraction of sp³-hybridized carbons (Fsp3) is 0.615. The molecule has 0 radical (unpaired) electrons. The third-order valence-corrected chi connectivity index (χ3v) is 2.86. The zero-order valence-electron chi connectivity index (χ0n) is 10.3. The lowest BCUT2D eigenvalue weighted by Crippen LogP contribution is -2.20. The van der Waals surface area contributed by atoms with E-state index in [1.807, 2.05) is 19.1 Å². The van der Waals surface area contributed by atoms with Crippen LogP contribution in [0.1, 0.15) is 26.2 Å². The molecule has 1 aliphatic heterocycles. The fourth-order valence-corrected chi connectivity index (χ4v) is 2.02. The normalized spacial score (nSPS) is 20.6. The number of aromatic nitrogens is 1. The number of rotatable bonds is 4. The minimum atomic E-state index is 0.459. The Morgan fingerprint density at radius 2 is 2.41 bits per heavy atom. The minimum Gasteiger partial charge on any atom is -0.476 e. The average Bonchev–Trinajstić information content (AvgIpc) is 2.61. The highest BCUT2D eigenvalue weighted by Gasteiger charge is 2.14.